The summed E-state index contributed by atoms with van der Waals surface area (Å²) in [5.74, 6) is 0.182. The minimum absolute atomic E-state index is 0.148. The Kier molecular flexibility index (Phi) is 5.97. The highest BCUT2D eigenvalue weighted by atomic mass is 19.4. The van der Waals surface area contributed by atoms with E-state index in [1.807, 2.05) is 36.1 Å². The van der Waals surface area contributed by atoms with Crippen LogP contribution >= 0.6 is 0 Å². The number of hydrogen-bond acceptors (Lipinski definition) is 5. The number of para-hydroxylation sites is 1. The minimum Gasteiger partial charge on any atom is -0.504 e. The number of aromatic hydroxyl groups is 2. The van der Waals surface area contributed by atoms with E-state index in [-0.39, 0.29) is 17.5 Å². The summed E-state index contributed by atoms with van der Waals surface area (Å²) in [7, 11) is 0. The van der Waals surface area contributed by atoms with Gasteiger partial charge < -0.3 is 15.1 Å². The van der Waals surface area contributed by atoms with E-state index in [2.05, 4.69) is 9.88 Å². The highest BCUT2D eigenvalue weighted by Crippen LogP contribution is 2.39. The first-order valence-electron chi connectivity index (χ1n) is 10.3. The van der Waals surface area contributed by atoms with Crippen molar-refractivity contribution in [1.82, 2.24) is 9.88 Å². The number of anilines is 1. The quantitative estimate of drug-likeness (QED) is 0.571. The average Bonchev–Trinajstić information content (AvgIpc) is 2.78. The van der Waals surface area contributed by atoms with Crippen molar-refractivity contribution < 1.29 is 23.4 Å². The number of phenolic OH excluding ortho intramolecular Hbond substituents is 2. The summed E-state index contributed by atoms with van der Waals surface area (Å²) < 4.78 is 38.4. The van der Waals surface area contributed by atoms with Gasteiger partial charge in [0.05, 0.1) is 11.6 Å². The van der Waals surface area contributed by atoms with E-state index in [0.29, 0.717) is 37.6 Å². The molecule has 168 valence electrons. The van der Waals surface area contributed by atoms with Gasteiger partial charge in [0.2, 0.25) is 0 Å². The molecule has 0 radical (unpaired) electrons. The molecule has 1 aromatic heterocycles. The summed E-state index contributed by atoms with van der Waals surface area (Å²) in [6, 6.07) is 15.1. The van der Waals surface area contributed by atoms with Gasteiger partial charge in [-0.05, 0) is 30.7 Å². The molecule has 4 rings (SSSR count). The molecule has 2 aromatic carbocycles. The Balaban J connectivity index is 1.56. The Morgan fingerprint density at radius 3 is 2.19 bits per heavy atom. The summed E-state index contributed by atoms with van der Waals surface area (Å²) >= 11 is 0. The number of rotatable bonds is 4. The topological polar surface area (TPSA) is 59.8 Å². The molecule has 2 N–H and O–H groups in total. The van der Waals surface area contributed by atoms with Gasteiger partial charge in [0, 0.05) is 37.9 Å². The highest BCUT2D eigenvalue weighted by molar-refractivity contribution is 5.49. The molecule has 5 nitrogen and oxygen atoms in total. The average molecular weight is 443 g/mol. The van der Waals surface area contributed by atoms with E-state index in [0.717, 1.165) is 23.4 Å². The van der Waals surface area contributed by atoms with Crippen LogP contribution in [0.5, 0.6) is 11.5 Å². The lowest BCUT2D eigenvalue weighted by atomic mass is 9.94. The molecule has 2 heterocycles. The zero-order valence-corrected chi connectivity index (χ0v) is 17.5. The fourth-order valence-electron chi connectivity index (χ4n) is 4.06. The standard InChI is InChI=1S/C24H24F3N3O2/c1-16-5-7-17(8-6-16)22(19-3-2-4-20(31)23(19)32)30-13-11-29(12-14-30)21-10-9-18(15-28-21)24(25,26)27/h2-10,15,22,31-32H,11-14H2,1H3/t22-/m1/s1. The van der Waals surface area contributed by atoms with Gasteiger partial charge in [-0.2, -0.15) is 13.2 Å². The SMILES string of the molecule is Cc1ccc([C@H](c2cccc(O)c2O)N2CCN(c3ccc(C(F)(F)F)cn3)CC2)cc1. The molecule has 1 aliphatic heterocycles. The zero-order chi connectivity index (χ0) is 22.9. The molecule has 0 aliphatic carbocycles. The lowest BCUT2D eigenvalue weighted by molar-refractivity contribution is -0.137. The van der Waals surface area contributed by atoms with Crippen LogP contribution in [0.15, 0.2) is 60.8 Å². The van der Waals surface area contributed by atoms with Gasteiger partial charge in [-0.25, -0.2) is 4.98 Å². The van der Waals surface area contributed by atoms with E-state index in [4.69, 9.17) is 0 Å². The maximum absolute atomic E-state index is 12.8. The van der Waals surface area contributed by atoms with Crippen molar-refractivity contribution in [2.45, 2.75) is 19.1 Å². The smallest absolute Gasteiger partial charge is 0.417 e. The van der Waals surface area contributed by atoms with Crippen molar-refractivity contribution in [1.29, 1.82) is 0 Å². The number of phenols is 2. The van der Waals surface area contributed by atoms with Gasteiger partial charge in [-0.1, -0.05) is 42.0 Å². The zero-order valence-electron chi connectivity index (χ0n) is 17.5. The van der Waals surface area contributed by atoms with E-state index < -0.39 is 11.7 Å². The van der Waals surface area contributed by atoms with E-state index in [9.17, 15) is 23.4 Å². The first-order valence-corrected chi connectivity index (χ1v) is 10.3. The normalized spacial score (nSPS) is 16.2. The summed E-state index contributed by atoms with van der Waals surface area (Å²) in [6.45, 7) is 4.35. The Labute approximate surface area is 184 Å². The molecule has 3 aromatic rings. The van der Waals surface area contributed by atoms with Crippen LogP contribution in [0.4, 0.5) is 19.0 Å². The van der Waals surface area contributed by atoms with Crippen molar-refractivity contribution >= 4 is 5.82 Å². The second-order valence-corrected chi connectivity index (χ2v) is 7.95. The molecule has 0 saturated carbocycles. The molecule has 0 bridgehead atoms. The molecule has 0 unspecified atom stereocenters. The number of nitrogens with zero attached hydrogens (tertiary/aromatic N) is 3. The highest BCUT2D eigenvalue weighted by Gasteiger charge is 2.32. The summed E-state index contributed by atoms with van der Waals surface area (Å²) in [5.41, 5.74) is 1.94. The Morgan fingerprint density at radius 1 is 0.906 bits per heavy atom. The van der Waals surface area contributed by atoms with Crippen molar-refractivity contribution in [2.24, 2.45) is 0 Å². The molecule has 8 heteroatoms. The fraction of sp³-hybridized carbons (Fsp3) is 0.292. The second-order valence-electron chi connectivity index (χ2n) is 7.95. The number of aryl methyl sites for hydroxylation is 1. The van der Waals surface area contributed by atoms with Crippen LogP contribution in [-0.2, 0) is 6.18 Å². The summed E-state index contributed by atoms with van der Waals surface area (Å²) in [6.07, 6.45) is -3.55. The number of piperazine rings is 1. The van der Waals surface area contributed by atoms with E-state index in [1.165, 1.54) is 12.1 Å². The monoisotopic (exact) mass is 443 g/mol. The maximum Gasteiger partial charge on any atom is 0.417 e. The molecule has 0 amide bonds. The predicted molar refractivity (Wildman–Crippen MR) is 116 cm³/mol. The molecule has 1 atom stereocenters. The summed E-state index contributed by atoms with van der Waals surface area (Å²) in [4.78, 5) is 8.15. The van der Waals surface area contributed by atoms with Gasteiger partial charge in [-0.15, -0.1) is 0 Å². The van der Waals surface area contributed by atoms with Crippen LogP contribution in [0.1, 0.15) is 28.3 Å². The molecule has 1 fully saturated rings. The number of aromatic nitrogens is 1. The van der Waals surface area contributed by atoms with Crippen LogP contribution in [0.3, 0.4) is 0 Å². The van der Waals surface area contributed by atoms with Crippen LogP contribution in [0, 0.1) is 6.92 Å². The number of alkyl halides is 3. The number of pyridine rings is 1. The third-order valence-corrected chi connectivity index (χ3v) is 5.81. The van der Waals surface area contributed by atoms with Gasteiger partial charge in [0.25, 0.3) is 0 Å². The van der Waals surface area contributed by atoms with Crippen molar-refractivity contribution in [3.8, 4) is 11.5 Å². The lowest BCUT2D eigenvalue weighted by Gasteiger charge is -2.40. The lowest BCUT2D eigenvalue weighted by Crippen LogP contribution is -2.48. The number of halogens is 3. The van der Waals surface area contributed by atoms with Gasteiger partial charge >= 0.3 is 6.18 Å². The molecule has 1 saturated heterocycles. The largest absolute Gasteiger partial charge is 0.504 e. The van der Waals surface area contributed by atoms with Crippen LogP contribution in [0.25, 0.3) is 0 Å². The third-order valence-electron chi connectivity index (χ3n) is 5.81. The molecular formula is C24H24F3N3O2. The Morgan fingerprint density at radius 2 is 1.59 bits per heavy atom. The maximum atomic E-state index is 12.8. The van der Waals surface area contributed by atoms with Gasteiger partial charge in [0.1, 0.15) is 5.82 Å². The molecule has 0 spiro atoms. The third kappa shape index (κ3) is 4.50. The molecule has 1 aliphatic rings. The first-order chi connectivity index (χ1) is 15.2. The Hall–Kier alpha value is -3.26. The predicted octanol–water partition coefficient (Wildman–Crippen LogP) is 4.73. The van der Waals surface area contributed by atoms with Crippen LogP contribution in [-0.4, -0.2) is 46.3 Å². The fourth-order valence-corrected chi connectivity index (χ4v) is 4.06. The van der Waals surface area contributed by atoms with Gasteiger partial charge in [0.15, 0.2) is 11.5 Å². The second kappa shape index (κ2) is 8.70. The molecular weight excluding hydrogens is 419 g/mol. The van der Waals surface area contributed by atoms with Crippen LogP contribution < -0.4 is 4.90 Å². The summed E-state index contributed by atoms with van der Waals surface area (Å²) in [5, 5.41) is 20.6. The van der Waals surface area contributed by atoms with E-state index >= 15 is 0 Å². The van der Waals surface area contributed by atoms with Gasteiger partial charge in [-0.3, -0.25) is 4.90 Å². The van der Waals surface area contributed by atoms with Crippen LogP contribution in [0.2, 0.25) is 0 Å². The molecule has 32 heavy (non-hydrogen) atoms. The van der Waals surface area contributed by atoms with Crippen molar-refractivity contribution in [3.63, 3.8) is 0 Å². The van der Waals surface area contributed by atoms with E-state index in [1.54, 1.807) is 12.1 Å². The number of benzene rings is 2. The first kappa shape index (κ1) is 22.0. The Bertz CT molecular complexity index is 1060. The van der Waals surface area contributed by atoms with Crippen molar-refractivity contribution in [3.05, 3.63) is 83.0 Å². The van der Waals surface area contributed by atoms with Crippen molar-refractivity contribution in [2.75, 3.05) is 31.1 Å². The minimum atomic E-state index is -4.41. The number of hydrogen-bond donors (Lipinski definition) is 2.